The number of nitriles is 1. The highest BCUT2D eigenvalue weighted by Gasteiger charge is 2.28. The van der Waals surface area contributed by atoms with Crippen molar-refractivity contribution in [1.29, 1.82) is 5.26 Å². The molecule has 32 heavy (non-hydrogen) atoms. The SMILES string of the molecule is C=CCOC(=O)C(Oc1nc(-c2cccs2)cc(-c2ncc[nH]2)c1C#N)c1ccccc1. The Hall–Kier alpha value is -4.22. The highest BCUT2D eigenvalue weighted by atomic mass is 32.1. The highest BCUT2D eigenvalue weighted by molar-refractivity contribution is 7.13. The smallest absolute Gasteiger partial charge is 0.352 e. The second-order valence-electron chi connectivity index (χ2n) is 6.59. The molecule has 3 aromatic heterocycles. The fourth-order valence-corrected chi connectivity index (χ4v) is 3.76. The maximum absolute atomic E-state index is 12.8. The van der Waals surface area contributed by atoms with E-state index in [2.05, 4.69) is 27.6 Å². The lowest BCUT2D eigenvalue weighted by atomic mass is 10.1. The van der Waals surface area contributed by atoms with Crippen molar-refractivity contribution in [2.24, 2.45) is 0 Å². The van der Waals surface area contributed by atoms with Gasteiger partial charge in [-0.3, -0.25) is 0 Å². The fraction of sp³-hybridized carbons (Fsp3) is 0.0833. The number of carbonyl (C=O) groups excluding carboxylic acids is 1. The molecule has 1 N–H and O–H groups in total. The summed E-state index contributed by atoms with van der Waals surface area (Å²) in [6, 6.07) is 16.7. The lowest BCUT2D eigenvalue weighted by Gasteiger charge is -2.19. The monoisotopic (exact) mass is 442 g/mol. The summed E-state index contributed by atoms with van der Waals surface area (Å²) in [6.07, 6.45) is 3.63. The van der Waals surface area contributed by atoms with Crippen LogP contribution in [0.4, 0.5) is 0 Å². The Balaban J connectivity index is 1.84. The molecule has 1 unspecified atom stereocenters. The number of nitrogens with zero attached hydrogens (tertiary/aromatic N) is 3. The van der Waals surface area contributed by atoms with Crippen LogP contribution in [-0.2, 0) is 9.53 Å². The average molecular weight is 443 g/mol. The number of hydrogen-bond acceptors (Lipinski definition) is 7. The van der Waals surface area contributed by atoms with Gasteiger partial charge < -0.3 is 14.5 Å². The van der Waals surface area contributed by atoms with Crippen LogP contribution in [0.2, 0.25) is 0 Å². The van der Waals surface area contributed by atoms with E-state index >= 15 is 0 Å². The molecule has 1 aromatic carbocycles. The predicted molar refractivity (Wildman–Crippen MR) is 121 cm³/mol. The average Bonchev–Trinajstić information content (AvgIpc) is 3.55. The lowest BCUT2D eigenvalue weighted by molar-refractivity contribution is -0.151. The van der Waals surface area contributed by atoms with E-state index in [1.54, 1.807) is 42.7 Å². The van der Waals surface area contributed by atoms with Crippen LogP contribution in [0.1, 0.15) is 17.2 Å². The van der Waals surface area contributed by atoms with Crippen LogP contribution in [0.5, 0.6) is 5.88 Å². The number of pyridine rings is 1. The minimum absolute atomic E-state index is 0.0224. The van der Waals surface area contributed by atoms with Crippen LogP contribution in [0.15, 0.2) is 79.0 Å². The molecule has 1 atom stereocenters. The summed E-state index contributed by atoms with van der Waals surface area (Å²) >= 11 is 1.50. The number of H-pyrrole nitrogens is 1. The molecule has 0 spiro atoms. The van der Waals surface area contributed by atoms with Gasteiger partial charge in [0.25, 0.3) is 0 Å². The molecule has 0 amide bonds. The zero-order valence-electron chi connectivity index (χ0n) is 16.9. The van der Waals surface area contributed by atoms with E-state index < -0.39 is 12.1 Å². The number of imidazole rings is 1. The Labute approximate surface area is 188 Å². The van der Waals surface area contributed by atoms with Gasteiger partial charge in [-0.25, -0.2) is 14.8 Å². The van der Waals surface area contributed by atoms with Gasteiger partial charge in [0.2, 0.25) is 12.0 Å². The number of rotatable bonds is 8. The molecule has 0 aliphatic carbocycles. The van der Waals surface area contributed by atoms with Crippen molar-refractivity contribution in [2.45, 2.75) is 6.10 Å². The van der Waals surface area contributed by atoms with Gasteiger partial charge in [0.15, 0.2) is 0 Å². The summed E-state index contributed by atoms with van der Waals surface area (Å²) in [5, 5.41) is 11.9. The van der Waals surface area contributed by atoms with Gasteiger partial charge in [0, 0.05) is 23.5 Å². The molecule has 7 nitrogen and oxygen atoms in total. The van der Waals surface area contributed by atoms with Crippen LogP contribution in [0.3, 0.4) is 0 Å². The normalized spacial score (nSPS) is 11.3. The molecule has 0 radical (unpaired) electrons. The van der Waals surface area contributed by atoms with Gasteiger partial charge in [0.1, 0.15) is 24.1 Å². The van der Waals surface area contributed by atoms with E-state index in [-0.39, 0.29) is 18.1 Å². The third-order valence-corrected chi connectivity index (χ3v) is 5.41. The molecule has 158 valence electrons. The van der Waals surface area contributed by atoms with E-state index in [1.807, 2.05) is 23.6 Å². The topological polar surface area (TPSA) is 101 Å². The Bertz CT molecular complexity index is 1250. The first-order chi connectivity index (χ1) is 15.7. The molecular formula is C24H18N4O3S. The van der Waals surface area contributed by atoms with Crippen molar-refractivity contribution in [3.8, 4) is 33.9 Å². The summed E-state index contributed by atoms with van der Waals surface area (Å²) in [5.41, 5.74) is 1.87. The first-order valence-corrected chi connectivity index (χ1v) is 10.6. The zero-order chi connectivity index (χ0) is 22.3. The number of nitrogens with one attached hydrogen (secondary N) is 1. The second kappa shape index (κ2) is 9.73. The van der Waals surface area contributed by atoms with Gasteiger partial charge in [-0.05, 0) is 17.5 Å². The van der Waals surface area contributed by atoms with Gasteiger partial charge in [-0.1, -0.05) is 49.1 Å². The summed E-state index contributed by atoms with van der Waals surface area (Å²) in [6.45, 7) is 3.61. The largest absolute Gasteiger partial charge is 0.458 e. The first kappa shape index (κ1) is 21.0. The third kappa shape index (κ3) is 4.43. The number of carbonyl (C=O) groups is 1. The number of aromatic amines is 1. The minimum Gasteiger partial charge on any atom is -0.458 e. The van der Waals surface area contributed by atoms with E-state index in [0.717, 1.165) is 4.88 Å². The van der Waals surface area contributed by atoms with Crippen LogP contribution in [-0.4, -0.2) is 27.5 Å². The summed E-state index contributed by atoms with van der Waals surface area (Å²) in [5.74, 6) is -0.0887. The predicted octanol–water partition coefficient (Wildman–Crippen LogP) is 4.92. The molecular weight excluding hydrogens is 424 g/mol. The van der Waals surface area contributed by atoms with Crippen molar-refractivity contribution in [2.75, 3.05) is 6.61 Å². The maximum atomic E-state index is 12.8. The summed E-state index contributed by atoms with van der Waals surface area (Å²) in [7, 11) is 0. The number of esters is 1. The molecule has 4 aromatic rings. The highest BCUT2D eigenvalue weighted by Crippen LogP contribution is 2.35. The number of aromatic nitrogens is 3. The number of thiophene rings is 1. The molecule has 0 saturated heterocycles. The third-order valence-electron chi connectivity index (χ3n) is 4.51. The molecule has 8 heteroatoms. The first-order valence-electron chi connectivity index (χ1n) is 9.69. The summed E-state index contributed by atoms with van der Waals surface area (Å²) in [4.78, 5) is 25.6. The molecule has 0 bridgehead atoms. The van der Waals surface area contributed by atoms with Crippen molar-refractivity contribution < 1.29 is 14.3 Å². The molecule has 4 rings (SSSR count). The molecule has 0 saturated carbocycles. The van der Waals surface area contributed by atoms with Crippen molar-refractivity contribution in [1.82, 2.24) is 15.0 Å². The van der Waals surface area contributed by atoms with Crippen LogP contribution in [0.25, 0.3) is 22.0 Å². The van der Waals surface area contributed by atoms with Crippen LogP contribution < -0.4 is 4.74 Å². The Morgan fingerprint density at radius 2 is 2.12 bits per heavy atom. The van der Waals surface area contributed by atoms with Crippen molar-refractivity contribution >= 4 is 17.3 Å². The fourth-order valence-electron chi connectivity index (χ4n) is 3.07. The van der Waals surface area contributed by atoms with Crippen molar-refractivity contribution in [3.05, 3.63) is 90.1 Å². The van der Waals surface area contributed by atoms with E-state index in [9.17, 15) is 10.1 Å². The van der Waals surface area contributed by atoms with E-state index in [0.29, 0.717) is 22.6 Å². The quantitative estimate of drug-likeness (QED) is 0.307. The molecule has 3 heterocycles. The maximum Gasteiger partial charge on any atom is 0.352 e. The van der Waals surface area contributed by atoms with E-state index in [4.69, 9.17) is 9.47 Å². The summed E-state index contributed by atoms with van der Waals surface area (Å²) < 4.78 is 11.3. The Kier molecular flexibility index (Phi) is 6.39. The standard InChI is InChI=1S/C24H18N4O3S/c1-2-12-30-24(29)21(16-7-4-3-5-8-16)31-23-18(15-25)17(22-26-10-11-27-22)14-19(28-23)20-9-6-13-32-20/h2-11,13-14,21H,1,12H2,(H,26,27). The number of benzene rings is 1. The van der Waals surface area contributed by atoms with Gasteiger partial charge in [-0.15, -0.1) is 11.3 Å². The Morgan fingerprint density at radius 1 is 1.28 bits per heavy atom. The number of ether oxygens (including phenoxy) is 2. The van der Waals surface area contributed by atoms with Crippen LogP contribution in [0, 0.1) is 11.3 Å². The lowest BCUT2D eigenvalue weighted by Crippen LogP contribution is -2.22. The van der Waals surface area contributed by atoms with Gasteiger partial charge in [0.05, 0.1) is 10.6 Å². The molecule has 0 fully saturated rings. The van der Waals surface area contributed by atoms with Crippen molar-refractivity contribution in [3.63, 3.8) is 0 Å². The van der Waals surface area contributed by atoms with Gasteiger partial charge >= 0.3 is 5.97 Å². The second-order valence-corrected chi connectivity index (χ2v) is 7.54. The van der Waals surface area contributed by atoms with Crippen LogP contribution >= 0.6 is 11.3 Å². The van der Waals surface area contributed by atoms with Gasteiger partial charge in [-0.2, -0.15) is 5.26 Å². The number of hydrogen-bond donors (Lipinski definition) is 1. The zero-order valence-corrected chi connectivity index (χ0v) is 17.7. The minimum atomic E-state index is -1.11. The molecule has 0 aliphatic heterocycles. The van der Waals surface area contributed by atoms with E-state index in [1.165, 1.54) is 17.4 Å². The molecule has 0 aliphatic rings. The Morgan fingerprint density at radius 3 is 2.78 bits per heavy atom.